The summed E-state index contributed by atoms with van der Waals surface area (Å²) >= 11 is 0. The number of piperidine rings is 1. The molecule has 0 amide bonds. The minimum Gasteiger partial charge on any atom is -0.490 e. The molecule has 1 aliphatic heterocycles. The van der Waals surface area contributed by atoms with E-state index in [2.05, 4.69) is 50.8 Å². The van der Waals surface area contributed by atoms with Crippen molar-refractivity contribution in [2.75, 3.05) is 19.6 Å². The molecule has 0 unspecified atom stereocenters. The van der Waals surface area contributed by atoms with Gasteiger partial charge in [0.05, 0.1) is 0 Å². The molecular formula is C17H28N2O. The molecule has 3 nitrogen and oxygen atoms in total. The van der Waals surface area contributed by atoms with Crippen LogP contribution in [0.4, 0.5) is 0 Å². The molecule has 1 fully saturated rings. The van der Waals surface area contributed by atoms with E-state index in [1.807, 2.05) is 0 Å². The van der Waals surface area contributed by atoms with E-state index < -0.39 is 0 Å². The topological polar surface area (TPSA) is 38.5 Å². The Kier molecular flexibility index (Phi) is 4.71. The zero-order valence-corrected chi connectivity index (χ0v) is 13.3. The lowest BCUT2D eigenvalue weighted by Gasteiger charge is -2.36. The van der Waals surface area contributed by atoms with Crippen molar-refractivity contribution in [1.82, 2.24) is 4.90 Å². The van der Waals surface area contributed by atoms with Crippen molar-refractivity contribution in [2.45, 2.75) is 52.2 Å². The predicted molar refractivity (Wildman–Crippen MR) is 84.3 cm³/mol. The smallest absolute Gasteiger partial charge is 0.122 e. The van der Waals surface area contributed by atoms with Crippen molar-refractivity contribution in [3.8, 4) is 5.75 Å². The van der Waals surface area contributed by atoms with E-state index in [4.69, 9.17) is 10.5 Å². The van der Waals surface area contributed by atoms with Crippen LogP contribution in [-0.2, 0) is 0 Å². The normalized spacial score (nSPS) is 18.2. The Morgan fingerprint density at radius 1 is 1.25 bits per heavy atom. The van der Waals surface area contributed by atoms with E-state index >= 15 is 0 Å². The third-order valence-electron chi connectivity index (χ3n) is 3.80. The quantitative estimate of drug-likeness (QED) is 0.919. The zero-order valence-electron chi connectivity index (χ0n) is 13.3. The first-order valence-electron chi connectivity index (χ1n) is 7.59. The molecule has 0 saturated carbocycles. The number of likely N-dealkylation sites (tertiary alicyclic amines) is 1. The Morgan fingerprint density at radius 3 is 2.50 bits per heavy atom. The van der Waals surface area contributed by atoms with Gasteiger partial charge in [-0.1, -0.05) is 12.1 Å². The molecule has 1 aromatic carbocycles. The second-order valence-corrected chi connectivity index (χ2v) is 6.85. The number of nitrogens with zero attached hydrogens (tertiary/aromatic N) is 1. The van der Waals surface area contributed by atoms with Crippen molar-refractivity contribution in [3.63, 3.8) is 0 Å². The Hall–Kier alpha value is -1.06. The SMILES string of the molecule is Cc1ccc(C)c(OC2CCN(CC(C)(C)N)CC2)c1. The lowest BCUT2D eigenvalue weighted by atomic mass is 10.0. The van der Waals surface area contributed by atoms with E-state index in [0.29, 0.717) is 6.10 Å². The summed E-state index contributed by atoms with van der Waals surface area (Å²) in [5.41, 5.74) is 8.46. The van der Waals surface area contributed by atoms with Gasteiger partial charge in [0, 0.05) is 25.2 Å². The summed E-state index contributed by atoms with van der Waals surface area (Å²) in [6.07, 6.45) is 2.51. The van der Waals surface area contributed by atoms with Gasteiger partial charge in [-0.3, -0.25) is 0 Å². The van der Waals surface area contributed by atoms with Crippen molar-refractivity contribution >= 4 is 0 Å². The molecule has 1 aliphatic rings. The number of aryl methyl sites for hydroxylation is 2. The lowest BCUT2D eigenvalue weighted by molar-refractivity contribution is 0.0898. The first-order valence-corrected chi connectivity index (χ1v) is 7.59. The molecule has 20 heavy (non-hydrogen) atoms. The molecule has 1 aromatic rings. The number of benzene rings is 1. The minimum absolute atomic E-state index is 0.110. The van der Waals surface area contributed by atoms with Gasteiger partial charge in [-0.2, -0.15) is 0 Å². The van der Waals surface area contributed by atoms with E-state index in [-0.39, 0.29) is 5.54 Å². The van der Waals surface area contributed by atoms with Crippen LogP contribution in [0.15, 0.2) is 18.2 Å². The molecule has 1 heterocycles. The Morgan fingerprint density at radius 2 is 1.90 bits per heavy atom. The van der Waals surface area contributed by atoms with Crippen LogP contribution < -0.4 is 10.5 Å². The third-order valence-corrected chi connectivity index (χ3v) is 3.80. The summed E-state index contributed by atoms with van der Waals surface area (Å²) in [5, 5.41) is 0. The maximum atomic E-state index is 6.19. The van der Waals surface area contributed by atoms with Gasteiger partial charge in [-0.15, -0.1) is 0 Å². The van der Waals surface area contributed by atoms with E-state index in [1.165, 1.54) is 11.1 Å². The molecule has 1 saturated heterocycles. The number of hydrogen-bond donors (Lipinski definition) is 1. The number of nitrogens with two attached hydrogens (primary N) is 1. The molecule has 0 atom stereocenters. The van der Waals surface area contributed by atoms with E-state index in [9.17, 15) is 0 Å². The van der Waals surface area contributed by atoms with Gasteiger partial charge in [0.1, 0.15) is 11.9 Å². The maximum Gasteiger partial charge on any atom is 0.122 e. The maximum absolute atomic E-state index is 6.19. The average molecular weight is 276 g/mol. The van der Waals surface area contributed by atoms with Gasteiger partial charge in [0.25, 0.3) is 0 Å². The van der Waals surface area contributed by atoms with Gasteiger partial charge in [-0.05, 0) is 57.7 Å². The first-order chi connectivity index (χ1) is 9.33. The second-order valence-electron chi connectivity index (χ2n) is 6.85. The summed E-state index contributed by atoms with van der Waals surface area (Å²) in [7, 11) is 0. The number of ether oxygens (including phenoxy) is 1. The van der Waals surface area contributed by atoms with E-state index in [1.54, 1.807) is 0 Å². The van der Waals surface area contributed by atoms with Gasteiger partial charge in [0.2, 0.25) is 0 Å². The Balaban J connectivity index is 1.87. The molecular weight excluding hydrogens is 248 g/mol. The van der Waals surface area contributed by atoms with Crippen molar-refractivity contribution in [1.29, 1.82) is 0 Å². The van der Waals surface area contributed by atoms with Gasteiger partial charge >= 0.3 is 0 Å². The fraction of sp³-hybridized carbons (Fsp3) is 0.647. The monoisotopic (exact) mass is 276 g/mol. The average Bonchev–Trinajstić information content (AvgIpc) is 2.34. The molecule has 2 rings (SSSR count). The van der Waals surface area contributed by atoms with E-state index in [0.717, 1.165) is 38.2 Å². The molecule has 2 N–H and O–H groups in total. The Labute approximate surface area is 123 Å². The summed E-state index contributed by atoms with van der Waals surface area (Å²) in [6.45, 7) is 11.5. The van der Waals surface area contributed by atoms with Crippen LogP contribution in [0.3, 0.4) is 0 Å². The molecule has 0 aromatic heterocycles. The summed E-state index contributed by atoms with van der Waals surface area (Å²) < 4.78 is 6.19. The highest BCUT2D eigenvalue weighted by Gasteiger charge is 2.24. The standard InChI is InChI=1S/C17H28N2O/c1-13-5-6-14(2)16(11-13)20-15-7-9-19(10-8-15)12-17(3,4)18/h5-6,11,15H,7-10,12,18H2,1-4H3. The third kappa shape index (κ3) is 4.50. The van der Waals surface area contributed by atoms with Gasteiger partial charge in [0.15, 0.2) is 0 Å². The van der Waals surface area contributed by atoms with Crippen LogP contribution in [0.1, 0.15) is 37.8 Å². The van der Waals surface area contributed by atoms with Crippen molar-refractivity contribution < 1.29 is 4.74 Å². The summed E-state index contributed by atoms with van der Waals surface area (Å²) in [6, 6.07) is 6.41. The second kappa shape index (κ2) is 6.15. The van der Waals surface area contributed by atoms with Crippen LogP contribution in [0.25, 0.3) is 0 Å². The highest BCUT2D eigenvalue weighted by Crippen LogP contribution is 2.24. The molecule has 0 spiro atoms. The highest BCUT2D eigenvalue weighted by atomic mass is 16.5. The van der Waals surface area contributed by atoms with Gasteiger partial charge in [-0.25, -0.2) is 0 Å². The summed E-state index contributed by atoms with van der Waals surface area (Å²) in [5.74, 6) is 1.04. The predicted octanol–water partition coefficient (Wildman–Crippen LogP) is 2.88. The minimum atomic E-state index is -0.110. The zero-order chi connectivity index (χ0) is 14.8. The molecule has 0 aliphatic carbocycles. The van der Waals surface area contributed by atoms with Crippen molar-refractivity contribution in [2.24, 2.45) is 5.73 Å². The van der Waals surface area contributed by atoms with Gasteiger partial charge < -0.3 is 15.4 Å². The fourth-order valence-corrected chi connectivity index (χ4v) is 2.78. The molecule has 112 valence electrons. The largest absolute Gasteiger partial charge is 0.490 e. The van der Waals surface area contributed by atoms with Crippen LogP contribution in [0.5, 0.6) is 5.75 Å². The van der Waals surface area contributed by atoms with Crippen LogP contribution in [-0.4, -0.2) is 36.2 Å². The van der Waals surface area contributed by atoms with Crippen LogP contribution >= 0.6 is 0 Å². The van der Waals surface area contributed by atoms with Crippen LogP contribution in [0.2, 0.25) is 0 Å². The molecule has 0 bridgehead atoms. The molecule has 0 radical (unpaired) electrons. The fourth-order valence-electron chi connectivity index (χ4n) is 2.78. The van der Waals surface area contributed by atoms with Crippen LogP contribution in [0, 0.1) is 13.8 Å². The molecule has 3 heteroatoms. The first kappa shape index (κ1) is 15.3. The Bertz CT molecular complexity index is 443. The summed E-state index contributed by atoms with van der Waals surface area (Å²) in [4.78, 5) is 2.45. The number of hydrogen-bond acceptors (Lipinski definition) is 3. The number of rotatable bonds is 4. The highest BCUT2D eigenvalue weighted by molar-refractivity contribution is 5.36. The van der Waals surface area contributed by atoms with Crippen molar-refractivity contribution in [3.05, 3.63) is 29.3 Å². The lowest BCUT2D eigenvalue weighted by Crippen LogP contribution is -2.49.